The van der Waals surface area contributed by atoms with Crippen molar-refractivity contribution in [3.05, 3.63) is 59.7 Å². The van der Waals surface area contributed by atoms with E-state index >= 15 is 0 Å². The van der Waals surface area contributed by atoms with Crippen molar-refractivity contribution in [2.45, 2.75) is 20.8 Å². The molecule has 0 unspecified atom stereocenters. The van der Waals surface area contributed by atoms with Crippen LogP contribution in [-0.4, -0.2) is 30.3 Å². The van der Waals surface area contributed by atoms with E-state index in [-0.39, 0.29) is 12.8 Å². The Morgan fingerprint density at radius 1 is 1.13 bits per heavy atom. The highest BCUT2D eigenvalue weighted by atomic mass is 16.7. The lowest BCUT2D eigenvalue weighted by Gasteiger charge is -2.14. The molecule has 0 saturated heterocycles. The summed E-state index contributed by atoms with van der Waals surface area (Å²) in [6.45, 7) is 6.79. The number of nitrogens with zero attached hydrogens (tertiary/aromatic N) is 2. The first-order chi connectivity index (χ1) is 14.4. The molecule has 4 N–H and O–H groups in total. The van der Waals surface area contributed by atoms with Gasteiger partial charge in [0.05, 0.1) is 17.9 Å². The summed E-state index contributed by atoms with van der Waals surface area (Å²) in [4.78, 5) is 21.3. The van der Waals surface area contributed by atoms with Crippen LogP contribution < -0.4 is 16.2 Å². The Balaban J connectivity index is 2.13. The van der Waals surface area contributed by atoms with Crippen molar-refractivity contribution in [2.24, 2.45) is 22.4 Å². The van der Waals surface area contributed by atoms with E-state index < -0.39 is 5.91 Å². The minimum Gasteiger partial charge on any atom is -0.465 e. The molecule has 3 aromatic rings. The maximum Gasteiger partial charge on any atom is 0.280 e. The molecule has 0 spiro atoms. The van der Waals surface area contributed by atoms with Crippen LogP contribution in [0.2, 0.25) is 0 Å². The first-order valence-corrected chi connectivity index (χ1v) is 9.71. The number of benzene rings is 2. The SMILES string of the molecule is Cc1ccccc1-c1cc(C(=O)N=C(N)N)c2cccc(OCOCC(C)C)c2n1. The number of pyridine rings is 1. The van der Waals surface area contributed by atoms with Gasteiger partial charge in [0.1, 0.15) is 11.3 Å². The van der Waals surface area contributed by atoms with Crippen LogP contribution in [0.5, 0.6) is 5.75 Å². The van der Waals surface area contributed by atoms with Crippen molar-refractivity contribution in [3.63, 3.8) is 0 Å². The summed E-state index contributed by atoms with van der Waals surface area (Å²) in [5, 5.41) is 0.601. The number of aryl methyl sites for hydroxylation is 1. The summed E-state index contributed by atoms with van der Waals surface area (Å²) >= 11 is 0. The molecule has 3 rings (SSSR count). The first kappa shape index (κ1) is 21.3. The number of fused-ring (bicyclic) bond motifs is 1. The minimum absolute atomic E-state index is 0.0880. The molecule has 1 aromatic heterocycles. The van der Waals surface area contributed by atoms with Gasteiger partial charge < -0.3 is 20.9 Å². The second-order valence-corrected chi connectivity index (χ2v) is 7.39. The molecule has 0 aliphatic rings. The van der Waals surface area contributed by atoms with E-state index in [1.54, 1.807) is 24.3 Å². The number of rotatable bonds is 7. The van der Waals surface area contributed by atoms with E-state index in [4.69, 9.17) is 25.9 Å². The van der Waals surface area contributed by atoms with E-state index in [1.165, 1.54) is 0 Å². The van der Waals surface area contributed by atoms with E-state index in [0.717, 1.165) is 11.1 Å². The van der Waals surface area contributed by atoms with Crippen LogP contribution in [0.1, 0.15) is 29.8 Å². The summed E-state index contributed by atoms with van der Waals surface area (Å²) in [6, 6.07) is 14.9. The van der Waals surface area contributed by atoms with E-state index in [2.05, 4.69) is 18.8 Å². The number of ether oxygens (including phenoxy) is 2. The molecule has 0 aliphatic heterocycles. The molecular weight excluding hydrogens is 380 g/mol. The quantitative estimate of drug-likeness (QED) is 0.268. The maximum absolute atomic E-state index is 12.7. The van der Waals surface area contributed by atoms with Crippen LogP contribution in [0, 0.1) is 12.8 Å². The third kappa shape index (κ3) is 4.93. The number of aliphatic imine (C=N–C) groups is 1. The predicted octanol–water partition coefficient (Wildman–Crippen LogP) is 3.63. The molecule has 1 heterocycles. The van der Waals surface area contributed by atoms with Gasteiger partial charge in [0.25, 0.3) is 5.91 Å². The van der Waals surface area contributed by atoms with Crippen LogP contribution >= 0.6 is 0 Å². The van der Waals surface area contributed by atoms with Gasteiger partial charge in [0.2, 0.25) is 0 Å². The average Bonchev–Trinajstić information content (AvgIpc) is 2.70. The molecule has 156 valence electrons. The zero-order valence-corrected chi connectivity index (χ0v) is 17.4. The van der Waals surface area contributed by atoms with Gasteiger partial charge in [-0.15, -0.1) is 0 Å². The number of carbonyl (C=O) groups excluding carboxylic acids is 1. The van der Waals surface area contributed by atoms with Crippen LogP contribution in [0.4, 0.5) is 0 Å². The summed E-state index contributed by atoms with van der Waals surface area (Å²) < 4.78 is 11.4. The van der Waals surface area contributed by atoms with Crippen molar-refractivity contribution in [3.8, 4) is 17.0 Å². The fourth-order valence-corrected chi connectivity index (χ4v) is 3.08. The lowest BCUT2D eigenvalue weighted by molar-refractivity contribution is 0.00343. The van der Waals surface area contributed by atoms with Gasteiger partial charge in [-0.1, -0.05) is 50.2 Å². The van der Waals surface area contributed by atoms with Gasteiger partial charge in [-0.05, 0) is 30.5 Å². The highest BCUT2D eigenvalue weighted by molar-refractivity contribution is 6.11. The monoisotopic (exact) mass is 406 g/mol. The summed E-state index contributed by atoms with van der Waals surface area (Å²) in [6.07, 6.45) is 0. The highest BCUT2D eigenvalue weighted by Crippen LogP contribution is 2.32. The maximum atomic E-state index is 12.7. The van der Waals surface area contributed by atoms with Gasteiger partial charge in [-0.25, -0.2) is 4.98 Å². The Hall–Kier alpha value is -3.45. The average molecular weight is 406 g/mol. The fourth-order valence-electron chi connectivity index (χ4n) is 3.08. The van der Waals surface area contributed by atoms with Crippen molar-refractivity contribution in [1.29, 1.82) is 0 Å². The minimum atomic E-state index is -0.537. The molecule has 7 nitrogen and oxygen atoms in total. The second kappa shape index (κ2) is 9.37. The standard InChI is InChI=1S/C23H26N4O3/c1-14(2)12-29-13-30-20-10-6-9-17-18(22(28)27-23(24)25)11-19(26-21(17)20)16-8-5-4-7-15(16)3/h4-11,14H,12-13H2,1-3H3,(H4,24,25,27,28). The summed E-state index contributed by atoms with van der Waals surface area (Å²) in [5.74, 6) is 0.0866. The molecule has 2 aromatic carbocycles. The number of carbonyl (C=O) groups is 1. The Labute approximate surface area is 175 Å². The smallest absolute Gasteiger partial charge is 0.280 e. The Morgan fingerprint density at radius 3 is 2.60 bits per heavy atom. The molecular formula is C23H26N4O3. The third-order valence-corrected chi connectivity index (χ3v) is 4.43. The van der Waals surface area contributed by atoms with Gasteiger partial charge in [0, 0.05) is 10.9 Å². The molecule has 30 heavy (non-hydrogen) atoms. The zero-order chi connectivity index (χ0) is 21.7. The van der Waals surface area contributed by atoms with Gasteiger partial charge in [-0.2, -0.15) is 4.99 Å². The predicted molar refractivity (Wildman–Crippen MR) is 118 cm³/mol. The third-order valence-electron chi connectivity index (χ3n) is 4.43. The molecule has 0 aliphatic carbocycles. The van der Waals surface area contributed by atoms with Gasteiger partial charge in [-0.3, -0.25) is 4.79 Å². The first-order valence-electron chi connectivity index (χ1n) is 9.71. The molecule has 0 saturated carbocycles. The van der Waals surface area contributed by atoms with Crippen molar-refractivity contribution >= 4 is 22.8 Å². The topological polar surface area (TPSA) is 113 Å². The number of hydrogen-bond acceptors (Lipinski definition) is 4. The Morgan fingerprint density at radius 2 is 1.90 bits per heavy atom. The van der Waals surface area contributed by atoms with Crippen LogP contribution in [0.3, 0.4) is 0 Å². The number of nitrogens with two attached hydrogens (primary N) is 2. The van der Waals surface area contributed by atoms with Gasteiger partial charge >= 0.3 is 0 Å². The second-order valence-electron chi connectivity index (χ2n) is 7.39. The van der Waals surface area contributed by atoms with E-state index in [0.29, 0.717) is 40.4 Å². The van der Waals surface area contributed by atoms with E-state index in [9.17, 15) is 4.79 Å². The Bertz CT molecular complexity index is 1090. The van der Waals surface area contributed by atoms with Crippen molar-refractivity contribution < 1.29 is 14.3 Å². The normalized spacial score (nSPS) is 10.9. The van der Waals surface area contributed by atoms with Crippen LogP contribution in [0.15, 0.2) is 53.5 Å². The number of para-hydroxylation sites is 1. The molecule has 0 bridgehead atoms. The van der Waals surface area contributed by atoms with Crippen molar-refractivity contribution in [2.75, 3.05) is 13.4 Å². The lowest BCUT2D eigenvalue weighted by atomic mass is 10.0. The number of guanidine groups is 1. The molecule has 0 atom stereocenters. The number of amides is 1. The number of aromatic nitrogens is 1. The van der Waals surface area contributed by atoms with Crippen LogP contribution in [0.25, 0.3) is 22.2 Å². The highest BCUT2D eigenvalue weighted by Gasteiger charge is 2.17. The lowest BCUT2D eigenvalue weighted by Crippen LogP contribution is -2.24. The van der Waals surface area contributed by atoms with Crippen molar-refractivity contribution in [1.82, 2.24) is 4.98 Å². The molecule has 0 radical (unpaired) electrons. The summed E-state index contributed by atoms with van der Waals surface area (Å²) in [7, 11) is 0. The summed E-state index contributed by atoms with van der Waals surface area (Å²) in [5.41, 5.74) is 14.3. The molecule has 0 fully saturated rings. The fraction of sp³-hybridized carbons (Fsp3) is 0.261. The molecule has 7 heteroatoms. The van der Waals surface area contributed by atoms with E-state index in [1.807, 2.05) is 31.2 Å². The zero-order valence-electron chi connectivity index (χ0n) is 17.4. The van der Waals surface area contributed by atoms with Gasteiger partial charge in [0.15, 0.2) is 12.8 Å². The largest absolute Gasteiger partial charge is 0.465 e. The molecule has 1 amide bonds. The number of hydrogen-bond donors (Lipinski definition) is 2. The Kier molecular flexibility index (Phi) is 6.64. The van der Waals surface area contributed by atoms with Crippen LogP contribution in [-0.2, 0) is 4.74 Å².